The molecule has 5 heteroatoms. The third-order valence-electron chi connectivity index (χ3n) is 1.25. The molecule has 2 rings (SSSR count). The minimum atomic E-state index is -0.168. The van der Waals surface area contributed by atoms with Gasteiger partial charge in [-0.3, -0.25) is 9.89 Å². The molecule has 5 nitrogen and oxygen atoms in total. The van der Waals surface area contributed by atoms with Crippen LogP contribution in [-0.2, 0) is 0 Å². The van der Waals surface area contributed by atoms with Crippen LogP contribution >= 0.6 is 0 Å². The van der Waals surface area contributed by atoms with E-state index in [9.17, 15) is 4.79 Å². The molecule has 0 saturated carbocycles. The number of H-pyrrole nitrogens is 2. The van der Waals surface area contributed by atoms with E-state index < -0.39 is 0 Å². The molecule has 0 aliphatic rings. The van der Waals surface area contributed by atoms with Gasteiger partial charge in [-0.2, -0.15) is 5.10 Å². The zero-order valence-corrected chi connectivity index (χ0v) is 4.96. The number of hydrogen-bond acceptors (Lipinski definition) is 3. The lowest BCUT2D eigenvalue weighted by Crippen LogP contribution is -2.04. The Bertz CT molecular complexity index is 401. The Balaban J connectivity index is 3.09. The monoisotopic (exact) mass is 139 g/mol. The van der Waals surface area contributed by atoms with Crippen LogP contribution in [0.4, 0.5) is 0 Å². The third kappa shape index (κ3) is 0.540. The Morgan fingerprint density at radius 1 is 1.50 bits per heavy atom. The maximum Gasteiger partial charge on any atom is 0.261 e. The first-order valence-electron chi connectivity index (χ1n) is 2.75. The van der Waals surface area contributed by atoms with Crippen molar-refractivity contribution in [3.8, 4) is 0 Å². The summed E-state index contributed by atoms with van der Waals surface area (Å²) in [5.41, 5.74) is 0.350. The Morgan fingerprint density at radius 3 is 3.20 bits per heavy atom. The molecule has 0 amide bonds. The second kappa shape index (κ2) is 1.66. The van der Waals surface area contributed by atoms with E-state index in [0.717, 1.165) is 0 Å². The standard InChI is InChI=1S/C5H4N4O/c10-5-3-1-8-9-4(3)6-2-7-5/h1-2H,(H2,6,7,8,9,10)/i2+1,6+1,7+1. The summed E-state index contributed by atoms with van der Waals surface area (Å²) in [5.74, 6) is 0. The number of fused-ring (bicyclic) bond motifs is 1. The summed E-state index contributed by atoms with van der Waals surface area (Å²) in [6.45, 7) is 0. The molecular formula is C5H4N4O. The lowest BCUT2D eigenvalue weighted by Gasteiger charge is -1.81. The molecule has 0 aromatic carbocycles. The normalized spacial score (nSPS) is 10.4. The fourth-order valence-corrected chi connectivity index (χ4v) is 0.777. The Hall–Kier alpha value is -1.65. The lowest BCUT2D eigenvalue weighted by atomic mass is 10.5. The van der Waals surface area contributed by atoms with Gasteiger partial charge in [0.25, 0.3) is 5.56 Å². The predicted molar refractivity (Wildman–Crippen MR) is 34.5 cm³/mol. The van der Waals surface area contributed by atoms with Gasteiger partial charge in [-0.25, -0.2) is 4.98 Å². The number of nitrogens with one attached hydrogen (secondary N) is 2. The summed E-state index contributed by atoms with van der Waals surface area (Å²) >= 11 is 0. The molecule has 0 atom stereocenters. The molecule has 0 aliphatic heterocycles. The quantitative estimate of drug-likeness (QED) is 0.523. The van der Waals surface area contributed by atoms with Crippen molar-refractivity contribution in [2.24, 2.45) is 0 Å². The molecule has 2 N–H and O–H groups in total. The lowest BCUT2D eigenvalue weighted by molar-refractivity contribution is 1.08. The molecule has 2 heterocycles. The molecule has 50 valence electrons. The number of aromatic amines is 2. The smallest absolute Gasteiger partial charge is 0.261 e. The van der Waals surface area contributed by atoms with Crippen LogP contribution in [0.3, 0.4) is 0 Å². The molecule has 0 saturated heterocycles. The van der Waals surface area contributed by atoms with Crippen LogP contribution in [0, 0.1) is 0 Å². The first-order valence-corrected chi connectivity index (χ1v) is 2.75. The van der Waals surface area contributed by atoms with Gasteiger partial charge in [0.05, 0.1) is 12.5 Å². The van der Waals surface area contributed by atoms with Crippen LogP contribution in [0.15, 0.2) is 17.3 Å². The predicted octanol–water partition coefficient (Wildman–Crippen LogP) is -0.354. The number of hydrogen-bond donors (Lipinski definition) is 2. The van der Waals surface area contributed by atoms with Crippen LogP contribution < -0.4 is 5.56 Å². The van der Waals surface area contributed by atoms with E-state index in [4.69, 9.17) is 0 Å². The molecule has 10 heavy (non-hydrogen) atoms. The van der Waals surface area contributed by atoms with Crippen molar-refractivity contribution in [3.63, 3.8) is 0 Å². The van der Waals surface area contributed by atoms with Crippen LogP contribution in [0.1, 0.15) is 0 Å². The van der Waals surface area contributed by atoms with Crippen molar-refractivity contribution < 1.29 is 0 Å². The molecule has 0 aliphatic carbocycles. The second-order valence-corrected chi connectivity index (χ2v) is 1.86. The molecular weight excluding hydrogens is 135 g/mol. The van der Waals surface area contributed by atoms with Gasteiger partial charge in [-0.05, 0) is 0 Å². The molecule has 0 unspecified atom stereocenters. The Morgan fingerprint density at radius 2 is 2.40 bits per heavy atom. The van der Waals surface area contributed by atoms with Crippen LogP contribution in [-0.4, -0.2) is 20.2 Å². The highest BCUT2D eigenvalue weighted by Crippen LogP contribution is 1.96. The summed E-state index contributed by atoms with van der Waals surface area (Å²) in [7, 11) is 0. The average Bonchev–Trinajstić information content (AvgIpc) is 2.36. The summed E-state index contributed by atoms with van der Waals surface area (Å²) in [6, 6.07) is 0. The van der Waals surface area contributed by atoms with Gasteiger partial charge in [-0.1, -0.05) is 0 Å². The fraction of sp³-hybridized carbons (Fsp3) is 0. The van der Waals surface area contributed by atoms with Gasteiger partial charge in [0.15, 0.2) is 5.65 Å². The van der Waals surface area contributed by atoms with E-state index in [1.165, 1.54) is 12.5 Å². The highest BCUT2D eigenvalue weighted by atomic mass is 16.2. The first-order chi connectivity index (χ1) is 4.88. The van der Waals surface area contributed by atoms with Gasteiger partial charge in [0.2, 0.25) is 0 Å². The zero-order valence-electron chi connectivity index (χ0n) is 4.96. The average molecular weight is 139 g/mol. The zero-order chi connectivity index (χ0) is 6.97. The largest absolute Gasteiger partial charge is 0.312 e. The van der Waals surface area contributed by atoms with Crippen molar-refractivity contribution in [1.82, 2.24) is 20.2 Å². The van der Waals surface area contributed by atoms with Crippen molar-refractivity contribution >= 4 is 11.0 Å². The topological polar surface area (TPSA) is 74.4 Å². The number of rotatable bonds is 0. The first kappa shape index (κ1) is 5.16. The maximum atomic E-state index is 10.9. The number of nitrogens with zero attached hydrogens (tertiary/aromatic N) is 2. The highest BCUT2D eigenvalue weighted by molar-refractivity contribution is 5.71. The molecule has 2 aromatic heterocycles. The summed E-state index contributed by atoms with van der Waals surface area (Å²) in [6.07, 6.45) is 2.78. The van der Waals surface area contributed by atoms with Crippen molar-refractivity contribution in [1.29, 1.82) is 0 Å². The van der Waals surface area contributed by atoms with E-state index in [1.807, 2.05) is 0 Å². The SMILES string of the molecule is O=c1[15nH][13cH][15n]c2[nH]ncc12. The molecule has 2 aromatic rings. The summed E-state index contributed by atoms with van der Waals surface area (Å²) < 4.78 is 0. The van der Waals surface area contributed by atoms with E-state index in [-0.39, 0.29) is 5.56 Å². The minimum absolute atomic E-state index is 0.168. The van der Waals surface area contributed by atoms with Gasteiger partial charge < -0.3 is 4.98 Å². The number of aromatic nitrogens is 4. The van der Waals surface area contributed by atoms with Crippen molar-refractivity contribution in [3.05, 3.63) is 22.9 Å². The van der Waals surface area contributed by atoms with E-state index in [1.54, 1.807) is 0 Å². The van der Waals surface area contributed by atoms with Crippen LogP contribution in [0.2, 0.25) is 0 Å². The Kier molecular flexibility index (Phi) is 0.858. The van der Waals surface area contributed by atoms with E-state index in [0.29, 0.717) is 11.0 Å². The van der Waals surface area contributed by atoms with Gasteiger partial charge >= 0.3 is 0 Å². The third-order valence-corrected chi connectivity index (χ3v) is 1.25. The summed E-state index contributed by atoms with van der Waals surface area (Å²) in [4.78, 5) is 17.1. The second-order valence-electron chi connectivity index (χ2n) is 1.86. The molecule has 0 fully saturated rings. The molecule has 0 bridgehead atoms. The van der Waals surface area contributed by atoms with Crippen molar-refractivity contribution in [2.75, 3.05) is 0 Å². The highest BCUT2D eigenvalue weighted by Gasteiger charge is 1.97. The fourth-order valence-electron chi connectivity index (χ4n) is 0.777. The summed E-state index contributed by atoms with van der Waals surface area (Å²) in [5, 5.41) is 6.72. The van der Waals surface area contributed by atoms with E-state index >= 15 is 0 Å². The van der Waals surface area contributed by atoms with Gasteiger partial charge in [0, 0.05) is 0 Å². The Labute approximate surface area is 55.1 Å². The van der Waals surface area contributed by atoms with Crippen molar-refractivity contribution in [2.45, 2.75) is 0 Å². The van der Waals surface area contributed by atoms with Crippen LogP contribution in [0.25, 0.3) is 11.0 Å². The van der Waals surface area contributed by atoms with Gasteiger partial charge in [-0.15, -0.1) is 0 Å². The molecule has 0 radical (unpaired) electrons. The van der Waals surface area contributed by atoms with Gasteiger partial charge in [0.1, 0.15) is 5.39 Å². The maximum absolute atomic E-state index is 10.9. The van der Waals surface area contributed by atoms with E-state index in [2.05, 4.69) is 20.2 Å². The van der Waals surface area contributed by atoms with Crippen LogP contribution in [0.5, 0.6) is 0 Å². The minimum Gasteiger partial charge on any atom is -0.312 e. The molecule has 0 spiro atoms.